The Kier molecular flexibility index (Phi) is 60.2. The van der Waals surface area contributed by atoms with Gasteiger partial charge in [0, 0.05) is 25.9 Å². The SMILES string of the molecule is C=CCC=C.C=CCCC[Si](C)(C)O[Si](O[SiH](C)C)(O[Si](C)(C)CCCC=C)c1ccccc1.CC(C)CCCCC[Si](C)(C)O[Si](O[SiH](C)C)(O[SiH](C)C)c1ccccc1.CC(C)[Si](C)(C)O[Si](O[SiH](C)C)(O[Si](C)(C)CCCCC[Si](C)(C)O[Si](O[SiH](C)C)(O[SiH](C)C)c1ccccc1)c1ccccc1.C[SiH](C)O[Si](O[SiH](C)C)(O[SiH](C)C)c1ccccc1. The fourth-order valence-corrected chi connectivity index (χ4v) is 82.4. The van der Waals surface area contributed by atoms with E-state index in [-0.39, 0.29) is 0 Å². The average molecular weight is 2080 g/mol. The average Bonchev–Trinajstić information content (AvgIpc) is 0.777. The molecule has 0 aliphatic carbocycles. The van der Waals surface area contributed by atoms with E-state index < -0.39 is 175 Å². The molecule has 718 valence electrons. The summed E-state index contributed by atoms with van der Waals surface area (Å²) in [6.45, 7) is 91.6. The van der Waals surface area contributed by atoms with Gasteiger partial charge in [0.15, 0.2) is 131 Å². The molecule has 15 nitrogen and oxygen atoms in total. The van der Waals surface area contributed by atoms with Crippen LogP contribution >= 0.6 is 0 Å². The van der Waals surface area contributed by atoms with Gasteiger partial charge in [0.1, 0.15) is 0 Å². The molecular weight excluding hydrogens is 1890 g/mol. The van der Waals surface area contributed by atoms with Gasteiger partial charge in [0.05, 0.1) is 0 Å². The van der Waals surface area contributed by atoms with E-state index >= 15 is 0 Å². The molecule has 0 bridgehead atoms. The van der Waals surface area contributed by atoms with E-state index in [9.17, 15) is 0 Å². The van der Waals surface area contributed by atoms with Crippen molar-refractivity contribution in [1.82, 2.24) is 0 Å². The van der Waals surface area contributed by atoms with Gasteiger partial charge in [-0.25, -0.2) is 0 Å². The van der Waals surface area contributed by atoms with Crippen molar-refractivity contribution in [3.05, 3.63) is 202 Å². The van der Waals surface area contributed by atoms with Crippen LogP contribution in [0.3, 0.4) is 0 Å². The summed E-state index contributed by atoms with van der Waals surface area (Å²) >= 11 is 0. The molecule has 126 heavy (non-hydrogen) atoms. The van der Waals surface area contributed by atoms with Crippen molar-refractivity contribution < 1.29 is 61.7 Å². The van der Waals surface area contributed by atoms with Gasteiger partial charge in [0.25, 0.3) is 0 Å². The Morgan fingerprint density at radius 2 is 0.444 bits per heavy atom. The fourth-order valence-electron chi connectivity index (χ4n) is 13.9. The van der Waals surface area contributed by atoms with E-state index in [1.54, 1.807) is 0 Å². The van der Waals surface area contributed by atoms with E-state index in [2.05, 4.69) is 384 Å². The van der Waals surface area contributed by atoms with Crippen molar-refractivity contribution in [1.29, 1.82) is 0 Å². The Morgan fingerprint density at radius 1 is 0.246 bits per heavy atom. The molecule has 0 amide bonds. The maximum Gasteiger partial charge on any atom is 0.505 e. The molecule has 0 aliphatic rings. The third-order valence-corrected chi connectivity index (χ3v) is 83.3. The predicted octanol–water partition coefficient (Wildman–Crippen LogP) is 23.0. The zero-order chi connectivity index (χ0) is 95.9. The second-order valence-electron chi connectivity index (χ2n) is 40.0. The highest BCUT2D eigenvalue weighted by Crippen LogP contribution is 2.35. The van der Waals surface area contributed by atoms with Crippen LogP contribution in [0.5, 0.6) is 0 Å². The summed E-state index contributed by atoms with van der Waals surface area (Å²) in [5.74, 6) is 0.804. The number of unbranched alkanes of at least 4 members (excludes halogenated alkanes) is 6. The summed E-state index contributed by atoms with van der Waals surface area (Å²) in [5.41, 5.74) is 0.467. The molecule has 0 saturated heterocycles. The van der Waals surface area contributed by atoms with Crippen molar-refractivity contribution in [3.8, 4) is 0 Å². The number of hydrogen-bond acceptors (Lipinski definition) is 15. The minimum absolute atomic E-state index is 0.467. The van der Waals surface area contributed by atoms with Crippen molar-refractivity contribution in [2.45, 2.75) is 337 Å². The van der Waals surface area contributed by atoms with Crippen LogP contribution in [0.1, 0.15) is 105 Å². The molecule has 0 aromatic heterocycles. The molecule has 0 aliphatic heterocycles. The molecule has 0 radical (unpaired) electrons. The second kappa shape index (κ2) is 61.8. The van der Waals surface area contributed by atoms with Crippen LogP contribution < -0.4 is 25.9 Å². The maximum atomic E-state index is 7.31. The van der Waals surface area contributed by atoms with Gasteiger partial charge in [-0.2, -0.15) is 0 Å². The van der Waals surface area contributed by atoms with Crippen LogP contribution in [0.4, 0.5) is 0 Å². The smallest absolute Gasteiger partial charge is 0.416 e. The largest absolute Gasteiger partial charge is 0.505 e. The van der Waals surface area contributed by atoms with E-state index in [1.807, 2.05) is 42.5 Å². The zero-order valence-electron chi connectivity index (χ0n) is 86.1. The van der Waals surface area contributed by atoms with Gasteiger partial charge in [-0.15, -0.1) is 26.3 Å². The van der Waals surface area contributed by atoms with E-state index in [4.69, 9.17) is 61.7 Å². The summed E-state index contributed by atoms with van der Waals surface area (Å²) in [6.07, 6.45) is 21.5. The first-order valence-electron chi connectivity index (χ1n) is 47.6. The molecule has 1 atom stereocenters. The van der Waals surface area contributed by atoms with Gasteiger partial charge in [-0.3, -0.25) is 0 Å². The van der Waals surface area contributed by atoms with E-state index in [1.165, 1.54) is 31.7 Å². The summed E-state index contributed by atoms with van der Waals surface area (Å²) in [5, 5.41) is 5.63. The van der Waals surface area contributed by atoms with Crippen LogP contribution in [0.2, 0.25) is 232 Å². The fraction of sp³-hybridized carbons (Fsp3) is 0.582. The summed E-state index contributed by atoms with van der Waals surface area (Å²) in [7, 11) is -38.6. The van der Waals surface area contributed by atoms with Gasteiger partial charge in [-0.1, -0.05) is 261 Å². The molecule has 5 rings (SSSR count). The van der Waals surface area contributed by atoms with Gasteiger partial charge in [0.2, 0.25) is 0 Å². The quantitative estimate of drug-likeness (QED) is 0.0207. The molecule has 0 fully saturated rings. The van der Waals surface area contributed by atoms with Gasteiger partial charge < -0.3 is 61.7 Å². The van der Waals surface area contributed by atoms with Crippen LogP contribution in [0.15, 0.2) is 202 Å². The monoisotopic (exact) mass is 2080 g/mol. The van der Waals surface area contributed by atoms with Crippen LogP contribution in [0.25, 0.3) is 0 Å². The van der Waals surface area contributed by atoms with Crippen molar-refractivity contribution in [2.24, 2.45) is 5.92 Å². The first kappa shape index (κ1) is 123. The highest BCUT2D eigenvalue weighted by atomic mass is 28.5. The molecule has 0 heterocycles. The Labute approximate surface area is 801 Å². The summed E-state index contributed by atoms with van der Waals surface area (Å²) < 4.78 is 102. The Balaban J connectivity index is 0.000000863. The summed E-state index contributed by atoms with van der Waals surface area (Å²) in [4.78, 5) is 0. The molecule has 1 unspecified atom stereocenters. The van der Waals surface area contributed by atoms with E-state index in [0.29, 0.717) is 5.54 Å². The normalized spacial score (nSPS) is 13.4. The molecule has 0 N–H and O–H groups in total. The molecule has 5 aromatic rings. The number of rotatable bonds is 58. The Hall–Kier alpha value is -1.20. The maximum absolute atomic E-state index is 7.31. The Bertz CT molecular complexity index is 3590. The minimum atomic E-state index is -3.10. The van der Waals surface area contributed by atoms with Crippen LogP contribution in [0, 0.1) is 5.92 Å². The molecule has 0 saturated carbocycles. The first-order chi connectivity index (χ1) is 58.6. The molecule has 35 heteroatoms. The highest BCUT2D eigenvalue weighted by Gasteiger charge is 2.56. The zero-order valence-corrected chi connectivity index (χ0v) is 107. The second-order valence-corrected chi connectivity index (χ2v) is 105. The van der Waals surface area contributed by atoms with Crippen molar-refractivity contribution in [2.75, 3.05) is 0 Å². The lowest BCUT2D eigenvalue weighted by molar-refractivity contribution is 0.271. The van der Waals surface area contributed by atoms with Gasteiger partial charge >= 0.3 is 44.0 Å². The lowest BCUT2D eigenvalue weighted by Crippen LogP contribution is -2.67. The van der Waals surface area contributed by atoms with Crippen LogP contribution in [-0.2, 0) is 61.7 Å². The van der Waals surface area contributed by atoms with Gasteiger partial charge in [-0.05, 0) is 257 Å². The van der Waals surface area contributed by atoms with E-state index in [0.717, 1.165) is 107 Å². The predicted molar refractivity (Wildman–Crippen MR) is 600 cm³/mol. The van der Waals surface area contributed by atoms with Crippen molar-refractivity contribution >= 4 is 201 Å². The van der Waals surface area contributed by atoms with Crippen LogP contribution in [-0.4, -0.2) is 175 Å². The minimum Gasteiger partial charge on any atom is -0.416 e. The first-order valence-corrected chi connectivity index (χ1v) is 99.9. The number of allylic oxidation sites excluding steroid dienone is 4. The van der Waals surface area contributed by atoms with Crippen molar-refractivity contribution in [3.63, 3.8) is 0 Å². The lowest BCUT2D eigenvalue weighted by Gasteiger charge is -2.43. The highest BCUT2D eigenvalue weighted by molar-refractivity contribution is 6.97. The number of benzene rings is 5. The standard InChI is InChI=1S/C32H66O6Si8.C22H42O3Si4.C20H42O3Si4.C12H26O3Si4.C5H8/c1-30(2)44(13,14)38-46(35-41(7)8,32-26-20-16-21-27-32)37-43(11,12)29-23-17-22-28-42(9,10)36-45(33-39(3)4,34-40(5)6)31-24-18-15-19-25-31;1-9-11-16-20-27(5,6)24-29(23-26(3)4,22-18-14-13-15-19-22)25-28(7,8)21-17-12-10-2;1-19(2)15-11-10-14-18-26(7,8)23-27(21-24(3)4,22-25(5)6)20-16-12-9-13-17-20;1-16(2)13-19(14-17(3)4,15-18(5)6)12-10-8-7-9-11-12;1-3-5-4-2/h15-16,18-21,24-27,30,39-41H,17,22-23,28-29H2,1-14H3;9-10,13-15,18-19,26H,1-2,11-12,16-17,20-21H2,3-8H3;9,12-13,16-17,19,24-25H,10-11,14-15,18H2,1-8H3;7-11,16-18H,1-6H3;3-4H,1-2,5H2. The third kappa shape index (κ3) is 51.1. The molecular formula is C91H184O15Si20. The number of hydrogen-bond donors (Lipinski definition) is 0. The summed E-state index contributed by atoms with van der Waals surface area (Å²) in [6, 6.07) is 57.9. The lowest BCUT2D eigenvalue weighted by atomic mass is 10.1. The molecule has 0 spiro atoms. The Morgan fingerprint density at radius 3 is 0.659 bits per heavy atom. The molecule has 5 aromatic carbocycles. The third-order valence-electron chi connectivity index (χ3n) is 19.8. The topological polar surface area (TPSA) is 138 Å².